The predicted molar refractivity (Wildman–Crippen MR) is 105 cm³/mol. The van der Waals surface area contributed by atoms with E-state index in [1.165, 1.54) is 0 Å². The van der Waals surface area contributed by atoms with Gasteiger partial charge in [-0.1, -0.05) is 13.0 Å². The van der Waals surface area contributed by atoms with Gasteiger partial charge in [-0.15, -0.1) is 0 Å². The molecule has 1 atom stereocenters. The SMILES string of the molecule is CC1CCC2(CC1)NC(=O)N(CC(=O)NC(C)c1ccc3c(c1)OCCO3)C2=O. The first kappa shape index (κ1) is 19.5. The monoisotopic (exact) mass is 401 g/mol. The molecule has 8 nitrogen and oxygen atoms in total. The Bertz CT molecular complexity index is 832. The fourth-order valence-electron chi connectivity index (χ4n) is 4.26. The molecular weight excluding hydrogens is 374 g/mol. The first-order valence-corrected chi connectivity index (χ1v) is 10.2. The molecule has 1 saturated heterocycles. The summed E-state index contributed by atoms with van der Waals surface area (Å²) >= 11 is 0. The number of fused-ring (bicyclic) bond motifs is 1. The highest BCUT2D eigenvalue weighted by atomic mass is 16.6. The van der Waals surface area contributed by atoms with Crippen molar-refractivity contribution in [2.45, 2.75) is 51.1 Å². The van der Waals surface area contributed by atoms with Crippen LogP contribution in [0.1, 0.15) is 51.1 Å². The number of hydrogen-bond donors (Lipinski definition) is 2. The van der Waals surface area contributed by atoms with E-state index in [1.807, 2.05) is 25.1 Å². The Hall–Kier alpha value is -2.77. The van der Waals surface area contributed by atoms with Crippen LogP contribution >= 0.6 is 0 Å². The molecule has 4 amide bonds. The molecule has 2 aliphatic heterocycles. The van der Waals surface area contributed by atoms with Gasteiger partial charge in [-0.25, -0.2) is 4.79 Å². The van der Waals surface area contributed by atoms with Crippen LogP contribution in [0.15, 0.2) is 18.2 Å². The van der Waals surface area contributed by atoms with E-state index in [9.17, 15) is 14.4 Å². The quantitative estimate of drug-likeness (QED) is 0.754. The van der Waals surface area contributed by atoms with Gasteiger partial charge in [0.05, 0.1) is 6.04 Å². The lowest BCUT2D eigenvalue weighted by Crippen LogP contribution is -2.50. The second kappa shape index (κ2) is 7.57. The molecule has 0 bridgehead atoms. The van der Waals surface area contributed by atoms with E-state index in [0.717, 1.165) is 23.3 Å². The smallest absolute Gasteiger partial charge is 0.325 e. The second-order valence-electron chi connectivity index (χ2n) is 8.28. The summed E-state index contributed by atoms with van der Waals surface area (Å²) in [4.78, 5) is 38.8. The van der Waals surface area contributed by atoms with Crippen LogP contribution in [-0.2, 0) is 9.59 Å². The normalized spacial score (nSPS) is 27.0. The number of imide groups is 1. The van der Waals surface area contributed by atoms with Gasteiger partial charge in [0.1, 0.15) is 25.3 Å². The van der Waals surface area contributed by atoms with Crippen molar-refractivity contribution >= 4 is 17.8 Å². The first-order chi connectivity index (χ1) is 13.9. The van der Waals surface area contributed by atoms with Gasteiger partial charge in [-0.05, 0) is 56.2 Å². The molecule has 0 radical (unpaired) electrons. The molecule has 3 aliphatic rings. The molecule has 0 aromatic heterocycles. The minimum Gasteiger partial charge on any atom is -0.486 e. The molecule has 29 heavy (non-hydrogen) atoms. The zero-order valence-electron chi connectivity index (χ0n) is 16.8. The highest BCUT2D eigenvalue weighted by molar-refractivity contribution is 6.09. The van der Waals surface area contributed by atoms with Gasteiger partial charge in [0.15, 0.2) is 11.5 Å². The van der Waals surface area contributed by atoms with Crippen LogP contribution in [-0.4, -0.2) is 48.0 Å². The van der Waals surface area contributed by atoms with Gasteiger partial charge in [-0.2, -0.15) is 0 Å². The van der Waals surface area contributed by atoms with Crippen molar-refractivity contribution in [3.05, 3.63) is 23.8 Å². The van der Waals surface area contributed by atoms with E-state index in [4.69, 9.17) is 9.47 Å². The number of amides is 4. The van der Waals surface area contributed by atoms with Crippen LogP contribution < -0.4 is 20.1 Å². The molecule has 2 heterocycles. The van der Waals surface area contributed by atoms with Crippen LogP contribution in [0.4, 0.5) is 4.79 Å². The minimum absolute atomic E-state index is 0.281. The number of urea groups is 1. The highest BCUT2D eigenvalue weighted by Crippen LogP contribution is 2.36. The highest BCUT2D eigenvalue weighted by Gasteiger charge is 2.52. The summed E-state index contributed by atoms with van der Waals surface area (Å²) < 4.78 is 11.1. The number of nitrogens with zero attached hydrogens (tertiary/aromatic N) is 1. The Balaban J connectivity index is 1.38. The van der Waals surface area contributed by atoms with Crippen LogP contribution in [0.2, 0.25) is 0 Å². The van der Waals surface area contributed by atoms with E-state index in [0.29, 0.717) is 43.5 Å². The van der Waals surface area contributed by atoms with Gasteiger partial charge < -0.3 is 20.1 Å². The average Bonchev–Trinajstić information content (AvgIpc) is 2.94. The molecule has 1 unspecified atom stereocenters. The molecule has 1 spiro atoms. The molecule has 1 aromatic carbocycles. The lowest BCUT2D eigenvalue weighted by atomic mass is 9.77. The first-order valence-electron chi connectivity index (χ1n) is 10.2. The van der Waals surface area contributed by atoms with E-state index in [1.54, 1.807) is 0 Å². The van der Waals surface area contributed by atoms with Crippen LogP contribution in [0.5, 0.6) is 11.5 Å². The molecule has 2 fully saturated rings. The maximum Gasteiger partial charge on any atom is 0.325 e. The Morgan fingerprint density at radius 2 is 1.93 bits per heavy atom. The Labute approximate surface area is 169 Å². The van der Waals surface area contributed by atoms with Crippen molar-refractivity contribution in [1.29, 1.82) is 0 Å². The predicted octanol–water partition coefficient (Wildman–Crippen LogP) is 2.14. The number of nitrogens with one attached hydrogen (secondary N) is 2. The lowest BCUT2D eigenvalue weighted by molar-refractivity contribution is -0.136. The number of hydrogen-bond acceptors (Lipinski definition) is 5. The molecule has 2 N–H and O–H groups in total. The number of carbonyl (C=O) groups is 3. The fraction of sp³-hybridized carbons (Fsp3) is 0.571. The van der Waals surface area contributed by atoms with Gasteiger partial charge in [0.25, 0.3) is 5.91 Å². The third-order valence-corrected chi connectivity index (χ3v) is 6.12. The number of carbonyl (C=O) groups excluding carboxylic acids is 3. The summed E-state index contributed by atoms with van der Waals surface area (Å²) in [6.07, 6.45) is 3.05. The summed E-state index contributed by atoms with van der Waals surface area (Å²) in [5, 5.41) is 5.70. The zero-order chi connectivity index (χ0) is 20.6. The standard InChI is InChI=1S/C21H27N3O5/c1-13-5-7-21(8-6-13)19(26)24(20(27)23-21)12-18(25)22-14(2)15-3-4-16-17(11-15)29-10-9-28-16/h3-4,11,13-14H,5-10,12H2,1-2H3,(H,22,25)(H,23,27). The molecule has 4 rings (SSSR count). The van der Waals surface area contributed by atoms with E-state index >= 15 is 0 Å². The number of ether oxygens (including phenoxy) is 2. The summed E-state index contributed by atoms with van der Waals surface area (Å²) in [5.74, 6) is 1.23. The molecule has 1 aliphatic carbocycles. The summed E-state index contributed by atoms with van der Waals surface area (Å²) in [6.45, 7) is 4.73. The molecular formula is C21H27N3O5. The topological polar surface area (TPSA) is 97.0 Å². The Morgan fingerprint density at radius 1 is 1.24 bits per heavy atom. The van der Waals surface area contributed by atoms with E-state index in [2.05, 4.69) is 17.6 Å². The van der Waals surface area contributed by atoms with Crippen LogP contribution in [0.25, 0.3) is 0 Å². The third kappa shape index (κ3) is 3.75. The zero-order valence-corrected chi connectivity index (χ0v) is 16.8. The average molecular weight is 401 g/mol. The van der Waals surface area contributed by atoms with E-state index in [-0.39, 0.29) is 24.4 Å². The molecule has 1 saturated carbocycles. The minimum atomic E-state index is -0.828. The maximum absolute atomic E-state index is 12.9. The number of rotatable bonds is 4. The second-order valence-corrected chi connectivity index (χ2v) is 8.28. The lowest BCUT2D eigenvalue weighted by Gasteiger charge is -2.33. The summed E-state index contributed by atoms with van der Waals surface area (Å²) in [5.41, 5.74) is 0.0308. The van der Waals surface area contributed by atoms with Crippen LogP contribution in [0.3, 0.4) is 0 Å². The van der Waals surface area contributed by atoms with Gasteiger partial charge in [0, 0.05) is 0 Å². The summed E-state index contributed by atoms with van der Waals surface area (Å²) in [7, 11) is 0. The van der Waals surface area contributed by atoms with Crippen molar-refractivity contribution < 1.29 is 23.9 Å². The molecule has 1 aromatic rings. The van der Waals surface area contributed by atoms with Crippen molar-refractivity contribution in [1.82, 2.24) is 15.5 Å². The largest absolute Gasteiger partial charge is 0.486 e. The van der Waals surface area contributed by atoms with Gasteiger partial charge >= 0.3 is 6.03 Å². The van der Waals surface area contributed by atoms with Crippen molar-refractivity contribution in [3.63, 3.8) is 0 Å². The van der Waals surface area contributed by atoms with Crippen LogP contribution in [0, 0.1) is 5.92 Å². The van der Waals surface area contributed by atoms with Gasteiger partial charge in [-0.3, -0.25) is 14.5 Å². The van der Waals surface area contributed by atoms with Crippen molar-refractivity contribution in [2.24, 2.45) is 5.92 Å². The third-order valence-electron chi connectivity index (χ3n) is 6.12. The number of benzene rings is 1. The van der Waals surface area contributed by atoms with E-state index < -0.39 is 11.6 Å². The summed E-state index contributed by atoms with van der Waals surface area (Å²) in [6, 6.07) is 4.74. The van der Waals surface area contributed by atoms with Crippen molar-refractivity contribution in [2.75, 3.05) is 19.8 Å². The molecule has 156 valence electrons. The van der Waals surface area contributed by atoms with Crippen molar-refractivity contribution in [3.8, 4) is 11.5 Å². The maximum atomic E-state index is 12.9. The Kier molecular flexibility index (Phi) is 5.10. The van der Waals surface area contributed by atoms with Gasteiger partial charge in [0.2, 0.25) is 5.91 Å². The Morgan fingerprint density at radius 3 is 2.66 bits per heavy atom. The fourth-order valence-corrected chi connectivity index (χ4v) is 4.26. The molecule has 8 heteroatoms.